The van der Waals surface area contributed by atoms with Gasteiger partial charge in [0.15, 0.2) is 16.6 Å². The van der Waals surface area contributed by atoms with Crippen LogP contribution in [-0.2, 0) is 4.79 Å². The molecule has 2 aromatic carbocycles. The molecule has 0 saturated carbocycles. The zero-order valence-corrected chi connectivity index (χ0v) is 17.4. The number of ether oxygens (including phenoxy) is 2. The van der Waals surface area contributed by atoms with Crippen molar-refractivity contribution in [3.05, 3.63) is 63.5 Å². The fourth-order valence-electron chi connectivity index (χ4n) is 2.39. The van der Waals surface area contributed by atoms with E-state index in [0.717, 1.165) is 11.1 Å². The Kier molecular flexibility index (Phi) is 6.57. The van der Waals surface area contributed by atoms with Gasteiger partial charge in [-0.25, -0.2) is 4.98 Å². The highest BCUT2D eigenvalue weighted by Gasteiger charge is 2.09. The summed E-state index contributed by atoms with van der Waals surface area (Å²) in [5.74, 6) is 0.933. The van der Waals surface area contributed by atoms with Crippen LogP contribution in [0.3, 0.4) is 0 Å². The number of nitrogens with one attached hydrogen (secondary N) is 1. The van der Waals surface area contributed by atoms with Crippen LogP contribution in [0.25, 0.3) is 17.3 Å². The molecule has 5 nitrogen and oxygen atoms in total. The van der Waals surface area contributed by atoms with Crippen molar-refractivity contribution in [3.8, 4) is 22.8 Å². The molecule has 0 spiro atoms. The lowest BCUT2D eigenvalue weighted by molar-refractivity contribution is -0.111. The van der Waals surface area contributed by atoms with E-state index in [2.05, 4.69) is 10.3 Å². The highest BCUT2D eigenvalue weighted by molar-refractivity contribution is 7.14. The third-order valence-electron chi connectivity index (χ3n) is 3.78. The number of anilines is 1. The van der Waals surface area contributed by atoms with Gasteiger partial charge in [-0.3, -0.25) is 10.1 Å². The molecule has 1 amide bonds. The van der Waals surface area contributed by atoms with Gasteiger partial charge < -0.3 is 9.47 Å². The topological polar surface area (TPSA) is 60.5 Å². The van der Waals surface area contributed by atoms with Gasteiger partial charge in [-0.05, 0) is 35.9 Å². The molecule has 144 valence electrons. The number of halogens is 2. The third-order valence-corrected chi connectivity index (χ3v) is 5.28. The number of thiazole rings is 1. The van der Waals surface area contributed by atoms with Gasteiger partial charge in [-0.15, -0.1) is 11.3 Å². The normalized spacial score (nSPS) is 10.9. The minimum absolute atomic E-state index is 0.287. The van der Waals surface area contributed by atoms with Crippen molar-refractivity contribution in [2.75, 3.05) is 19.5 Å². The first kappa shape index (κ1) is 20.2. The SMILES string of the molecule is COc1ccc(C=CC(=O)Nc2nc(-c3ccc(Cl)c(Cl)c3)cs2)cc1OC. The molecule has 0 aliphatic carbocycles. The molecule has 28 heavy (non-hydrogen) atoms. The second-order valence-corrected chi connectivity index (χ2v) is 7.28. The number of carbonyl (C=O) groups is 1. The third kappa shape index (κ3) is 4.84. The standard InChI is InChI=1S/C20H16Cl2N2O3S/c1-26-17-7-3-12(9-18(17)27-2)4-8-19(25)24-20-23-16(11-28-20)13-5-6-14(21)15(22)10-13/h3-11H,1-2H3,(H,23,24,25). The summed E-state index contributed by atoms with van der Waals surface area (Å²) in [5, 5.41) is 6.01. The smallest absolute Gasteiger partial charge is 0.250 e. The molecule has 0 unspecified atom stereocenters. The Bertz CT molecular complexity index is 1030. The fraction of sp³-hybridized carbons (Fsp3) is 0.100. The highest BCUT2D eigenvalue weighted by Crippen LogP contribution is 2.31. The lowest BCUT2D eigenvalue weighted by atomic mass is 10.2. The van der Waals surface area contributed by atoms with E-state index in [1.54, 1.807) is 44.6 Å². The first-order valence-corrected chi connectivity index (χ1v) is 9.75. The van der Waals surface area contributed by atoms with E-state index >= 15 is 0 Å². The van der Waals surface area contributed by atoms with Gasteiger partial charge in [-0.2, -0.15) is 0 Å². The number of aromatic nitrogens is 1. The van der Waals surface area contributed by atoms with Gasteiger partial charge in [-0.1, -0.05) is 35.3 Å². The lowest BCUT2D eigenvalue weighted by Crippen LogP contribution is -2.07. The van der Waals surface area contributed by atoms with Crippen molar-refractivity contribution in [2.45, 2.75) is 0 Å². The predicted octanol–water partition coefficient (Wildman–Crippen LogP) is 5.79. The molecule has 3 rings (SSSR count). The van der Waals surface area contributed by atoms with Crippen molar-refractivity contribution >= 4 is 51.7 Å². The Morgan fingerprint density at radius 1 is 1.07 bits per heavy atom. The monoisotopic (exact) mass is 434 g/mol. The van der Waals surface area contributed by atoms with Gasteiger partial charge in [0.25, 0.3) is 0 Å². The molecule has 0 fully saturated rings. The van der Waals surface area contributed by atoms with Crippen molar-refractivity contribution in [2.24, 2.45) is 0 Å². The summed E-state index contributed by atoms with van der Waals surface area (Å²) in [6, 6.07) is 10.7. The van der Waals surface area contributed by atoms with Crippen molar-refractivity contribution in [3.63, 3.8) is 0 Å². The van der Waals surface area contributed by atoms with Crippen LogP contribution >= 0.6 is 34.5 Å². The van der Waals surface area contributed by atoms with Gasteiger partial charge in [0.1, 0.15) is 0 Å². The number of nitrogens with zero attached hydrogens (tertiary/aromatic N) is 1. The Morgan fingerprint density at radius 3 is 2.57 bits per heavy atom. The minimum atomic E-state index is -0.287. The van der Waals surface area contributed by atoms with E-state index in [-0.39, 0.29) is 5.91 Å². The summed E-state index contributed by atoms with van der Waals surface area (Å²) in [7, 11) is 3.13. The van der Waals surface area contributed by atoms with Gasteiger partial charge in [0.2, 0.25) is 5.91 Å². The van der Waals surface area contributed by atoms with E-state index < -0.39 is 0 Å². The molecule has 0 bridgehead atoms. The number of rotatable bonds is 6. The van der Waals surface area contributed by atoms with Crippen molar-refractivity contribution in [1.29, 1.82) is 0 Å². The van der Waals surface area contributed by atoms with Crippen molar-refractivity contribution in [1.82, 2.24) is 4.98 Å². The number of hydrogen-bond donors (Lipinski definition) is 1. The molecule has 1 N–H and O–H groups in total. The summed E-state index contributed by atoms with van der Waals surface area (Å²) in [4.78, 5) is 16.6. The number of methoxy groups -OCH3 is 2. The molecule has 8 heteroatoms. The predicted molar refractivity (Wildman–Crippen MR) is 115 cm³/mol. The average Bonchev–Trinajstić information content (AvgIpc) is 3.16. The summed E-state index contributed by atoms with van der Waals surface area (Å²) in [6.07, 6.45) is 3.12. The summed E-state index contributed by atoms with van der Waals surface area (Å²) >= 11 is 13.3. The van der Waals surface area contributed by atoms with Crippen LogP contribution in [0.2, 0.25) is 10.0 Å². The maximum atomic E-state index is 12.2. The number of hydrogen-bond acceptors (Lipinski definition) is 5. The fourth-order valence-corrected chi connectivity index (χ4v) is 3.42. The van der Waals surface area contributed by atoms with Crippen LogP contribution < -0.4 is 14.8 Å². The summed E-state index contributed by atoms with van der Waals surface area (Å²) < 4.78 is 10.5. The maximum Gasteiger partial charge on any atom is 0.250 e. The summed E-state index contributed by atoms with van der Waals surface area (Å²) in [6.45, 7) is 0. The molecule has 0 aliphatic heterocycles. The Labute approximate surface area is 176 Å². The van der Waals surface area contributed by atoms with E-state index in [1.165, 1.54) is 17.4 Å². The van der Waals surface area contributed by atoms with E-state index in [0.29, 0.717) is 32.4 Å². The molecular formula is C20H16Cl2N2O3S. The Hall–Kier alpha value is -2.54. The van der Waals surface area contributed by atoms with E-state index in [4.69, 9.17) is 32.7 Å². The highest BCUT2D eigenvalue weighted by atomic mass is 35.5. The van der Waals surface area contributed by atoms with Crippen LogP contribution in [0.15, 0.2) is 47.9 Å². The van der Waals surface area contributed by atoms with Crippen LogP contribution in [0.5, 0.6) is 11.5 Å². The Balaban J connectivity index is 1.67. The minimum Gasteiger partial charge on any atom is -0.493 e. The largest absolute Gasteiger partial charge is 0.493 e. The molecule has 0 radical (unpaired) electrons. The van der Waals surface area contributed by atoms with Gasteiger partial charge in [0.05, 0.1) is 30.0 Å². The quantitative estimate of drug-likeness (QED) is 0.498. The second-order valence-electron chi connectivity index (χ2n) is 5.60. The second kappa shape index (κ2) is 9.10. The van der Waals surface area contributed by atoms with Crippen LogP contribution in [0.1, 0.15) is 5.56 Å². The molecular weight excluding hydrogens is 419 g/mol. The molecule has 1 heterocycles. The van der Waals surface area contributed by atoms with Crippen LogP contribution in [0, 0.1) is 0 Å². The maximum absolute atomic E-state index is 12.2. The molecule has 0 saturated heterocycles. The first-order valence-electron chi connectivity index (χ1n) is 8.12. The molecule has 1 aromatic heterocycles. The zero-order chi connectivity index (χ0) is 20.1. The number of amides is 1. The van der Waals surface area contributed by atoms with Crippen LogP contribution in [-0.4, -0.2) is 25.1 Å². The zero-order valence-electron chi connectivity index (χ0n) is 15.0. The Morgan fingerprint density at radius 2 is 1.86 bits per heavy atom. The van der Waals surface area contributed by atoms with E-state index in [9.17, 15) is 4.79 Å². The van der Waals surface area contributed by atoms with E-state index in [1.807, 2.05) is 17.5 Å². The van der Waals surface area contributed by atoms with Gasteiger partial charge >= 0.3 is 0 Å². The van der Waals surface area contributed by atoms with Crippen molar-refractivity contribution < 1.29 is 14.3 Å². The number of carbonyl (C=O) groups excluding carboxylic acids is 1. The lowest BCUT2D eigenvalue weighted by Gasteiger charge is -2.07. The first-order chi connectivity index (χ1) is 13.5. The molecule has 0 atom stereocenters. The summed E-state index contributed by atoms with van der Waals surface area (Å²) in [5.41, 5.74) is 2.35. The molecule has 3 aromatic rings. The van der Waals surface area contributed by atoms with Gasteiger partial charge in [0, 0.05) is 17.0 Å². The average molecular weight is 435 g/mol. The number of benzene rings is 2. The van der Waals surface area contributed by atoms with Crippen LogP contribution in [0.4, 0.5) is 5.13 Å². The molecule has 0 aliphatic rings.